The van der Waals surface area contributed by atoms with E-state index in [0.717, 1.165) is 19.5 Å². The standard InChI is InChI=1S/C13H26N2O2/c1-12(2,3)17-11(16)15(5)10-8-13(4)7-6-9-14-13/h14H,6-10H2,1-5H3. The number of carbonyl (C=O) groups is 1. The molecule has 1 saturated heterocycles. The van der Waals surface area contributed by atoms with Crippen LogP contribution in [0.2, 0.25) is 0 Å². The molecule has 0 spiro atoms. The first-order valence-corrected chi connectivity index (χ1v) is 6.41. The number of carbonyl (C=O) groups excluding carboxylic acids is 1. The Morgan fingerprint density at radius 2 is 2.12 bits per heavy atom. The predicted octanol–water partition coefficient (Wildman–Crippen LogP) is 2.39. The molecule has 17 heavy (non-hydrogen) atoms. The molecule has 4 heteroatoms. The molecule has 0 radical (unpaired) electrons. The molecule has 1 N–H and O–H groups in total. The third-order valence-electron chi connectivity index (χ3n) is 3.16. The van der Waals surface area contributed by atoms with Gasteiger partial charge in [-0.3, -0.25) is 0 Å². The van der Waals surface area contributed by atoms with Crippen molar-refractivity contribution in [1.29, 1.82) is 0 Å². The van der Waals surface area contributed by atoms with Gasteiger partial charge in [-0.05, 0) is 53.5 Å². The van der Waals surface area contributed by atoms with Gasteiger partial charge in [-0.25, -0.2) is 4.79 Å². The molecule has 4 nitrogen and oxygen atoms in total. The Balaban J connectivity index is 2.33. The molecule has 0 saturated carbocycles. The zero-order chi connectivity index (χ0) is 13.1. The van der Waals surface area contributed by atoms with Crippen LogP contribution in [-0.2, 0) is 4.74 Å². The molecule has 1 amide bonds. The summed E-state index contributed by atoms with van der Waals surface area (Å²) in [6.45, 7) is 9.71. The summed E-state index contributed by atoms with van der Waals surface area (Å²) in [5.74, 6) is 0. The molecular weight excluding hydrogens is 216 g/mol. The van der Waals surface area contributed by atoms with Crippen LogP contribution in [0.1, 0.15) is 47.0 Å². The summed E-state index contributed by atoms with van der Waals surface area (Å²) >= 11 is 0. The highest BCUT2D eigenvalue weighted by atomic mass is 16.6. The molecule has 100 valence electrons. The first kappa shape index (κ1) is 14.3. The van der Waals surface area contributed by atoms with Crippen LogP contribution in [0.5, 0.6) is 0 Å². The van der Waals surface area contributed by atoms with E-state index < -0.39 is 5.60 Å². The Morgan fingerprint density at radius 1 is 1.47 bits per heavy atom. The molecule has 1 unspecified atom stereocenters. The topological polar surface area (TPSA) is 41.6 Å². The highest BCUT2D eigenvalue weighted by Gasteiger charge is 2.29. The second-order valence-electron chi connectivity index (χ2n) is 6.24. The number of ether oxygens (including phenoxy) is 1. The fraction of sp³-hybridized carbons (Fsp3) is 0.923. The Hall–Kier alpha value is -0.770. The van der Waals surface area contributed by atoms with Gasteiger partial charge in [-0.15, -0.1) is 0 Å². The largest absolute Gasteiger partial charge is 0.444 e. The van der Waals surface area contributed by atoms with E-state index in [2.05, 4.69) is 12.2 Å². The molecule has 1 aliphatic heterocycles. The van der Waals surface area contributed by atoms with E-state index >= 15 is 0 Å². The molecule has 1 rings (SSSR count). The van der Waals surface area contributed by atoms with E-state index in [-0.39, 0.29) is 11.6 Å². The van der Waals surface area contributed by atoms with Crippen molar-refractivity contribution in [2.24, 2.45) is 0 Å². The van der Waals surface area contributed by atoms with Gasteiger partial charge in [0.05, 0.1) is 0 Å². The number of amides is 1. The van der Waals surface area contributed by atoms with Gasteiger partial charge in [-0.2, -0.15) is 0 Å². The van der Waals surface area contributed by atoms with Gasteiger partial charge in [0, 0.05) is 19.1 Å². The predicted molar refractivity (Wildman–Crippen MR) is 69.1 cm³/mol. The molecule has 0 aliphatic carbocycles. The maximum atomic E-state index is 11.8. The fourth-order valence-electron chi connectivity index (χ4n) is 2.02. The van der Waals surface area contributed by atoms with Crippen molar-refractivity contribution in [3.05, 3.63) is 0 Å². The van der Waals surface area contributed by atoms with Crippen LogP contribution >= 0.6 is 0 Å². The third kappa shape index (κ3) is 4.94. The second kappa shape index (κ2) is 5.25. The summed E-state index contributed by atoms with van der Waals surface area (Å²) < 4.78 is 5.31. The van der Waals surface area contributed by atoms with Crippen LogP contribution < -0.4 is 5.32 Å². The average molecular weight is 242 g/mol. The number of hydrogen-bond acceptors (Lipinski definition) is 3. The van der Waals surface area contributed by atoms with Gasteiger partial charge in [0.2, 0.25) is 0 Å². The number of nitrogens with zero attached hydrogens (tertiary/aromatic N) is 1. The van der Waals surface area contributed by atoms with E-state index in [0.29, 0.717) is 0 Å². The van der Waals surface area contributed by atoms with E-state index in [1.54, 1.807) is 11.9 Å². The van der Waals surface area contributed by atoms with Crippen LogP contribution in [0, 0.1) is 0 Å². The van der Waals surface area contributed by atoms with Gasteiger partial charge in [0.15, 0.2) is 0 Å². The first-order valence-electron chi connectivity index (χ1n) is 6.41. The molecule has 0 bridgehead atoms. The lowest BCUT2D eigenvalue weighted by Crippen LogP contribution is -2.41. The molecule has 1 atom stereocenters. The Morgan fingerprint density at radius 3 is 2.59 bits per heavy atom. The zero-order valence-electron chi connectivity index (χ0n) is 11.8. The van der Waals surface area contributed by atoms with Crippen LogP contribution in [0.4, 0.5) is 4.79 Å². The third-order valence-corrected chi connectivity index (χ3v) is 3.16. The fourth-order valence-corrected chi connectivity index (χ4v) is 2.02. The lowest BCUT2D eigenvalue weighted by atomic mass is 9.96. The lowest BCUT2D eigenvalue weighted by molar-refractivity contribution is 0.0287. The second-order valence-corrected chi connectivity index (χ2v) is 6.24. The molecule has 1 aliphatic rings. The van der Waals surface area contributed by atoms with E-state index in [4.69, 9.17) is 4.74 Å². The normalized spacial score (nSPS) is 24.8. The quantitative estimate of drug-likeness (QED) is 0.826. The maximum Gasteiger partial charge on any atom is 0.410 e. The van der Waals surface area contributed by atoms with Crippen molar-refractivity contribution >= 4 is 6.09 Å². The SMILES string of the molecule is CN(CCC1(C)CCCN1)C(=O)OC(C)(C)C. The van der Waals surface area contributed by atoms with Crippen molar-refractivity contribution < 1.29 is 9.53 Å². The number of rotatable bonds is 3. The summed E-state index contributed by atoms with van der Waals surface area (Å²) in [4.78, 5) is 13.4. The summed E-state index contributed by atoms with van der Waals surface area (Å²) in [6, 6.07) is 0. The highest BCUT2D eigenvalue weighted by molar-refractivity contribution is 5.67. The van der Waals surface area contributed by atoms with Crippen molar-refractivity contribution in [1.82, 2.24) is 10.2 Å². The van der Waals surface area contributed by atoms with E-state index in [1.807, 2.05) is 20.8 Å². The smallest absolute Gasteiger partial charge is 0.410 e. The van der Waals surface area contributed by atoms with Crippen molar-refractivity contribution in [2.45, 2.75) is 58.1 Å². The zero-order valence-corrected chi connectivity index (χ0v) is 11.8. The van der Waals surface area contributed by atoms with Crippen molar-refractivity contribution in [2.75, 3.05) is 20.1 Å². The minimum absolute atomic E-state index is 0.191. The summed E-state index contributed by atoms with van der Waals surface area (Å²) in [6.07, 6.45) is 3.16. The average Bonchev–Trinajstić information content (AvgIpc) is 2.59. The van der Waals surface area contributed by atoms with Crippen LogP contribution in [0.15, 0.2) is 0 Å². The lowest BCUT2D eigenvalue weighted by Gasteiger charge is -2.29. The minimum atomic E-state index is -0.416. The number of nitrogens with one attached hydrogen (secondary N) is 1. The molecular formula is C13H26N2O2. The van der Waals surface area contributed by atoms with Crippen molar-refractivity contribution in [3.63, 3.8) is 0 Å². The van der Waals surface area contributed by atoms with Gasteiger partial charge in [-0.1, -0.05) is 0 Å². The summed E-state index contributed by atoms with van der Waals surface area (Å²) in [7, 11) is 1.80. The molecule has 0 aromatic carbocycles. The Labute approximate surface area is 105 Å². The summed E-state index contributed by atoms with van der Waals surface area (Å²) in [5, 5.41) is 3.50. The van der Waals surface area contributed by atoms with E-state index in [9.17, 15) is 4.79 Å². The van der Waals surface area contributed by atoms with Gasteiger partial charge >= 0.3 is 6.09 Å². The highest BCUT2D eigenvalue weighted by Crippen LogP contribution is 2.22. The van der Waals surface area contributed by atoms with Gasteiger partial charge < -0.3 is 15.0 Å². The van der Waals surface area contributed by atoms with Gasteiger partial charge in [0.25, 0.3) is 0 Å². The van der Waals surface area contributed by atoms with Crippen LogP contribution in [0.25, 0.3) is 0 Å². The van der Waals surface area contributed by atoms with E-state index in [1.165, 1.54) is 12.8 Å². The van der Waals surface area contributed by atoms with Crippen LogP contribution in [-0.4, -0.2) is 42.3 Å². The minimum Gasteiger partial charge on any atom is -0.444 e. The van der Waals surface area contributed by atoms with Crippen LogP contribution in [0.3, 0.4) is 0 Å². The molecule has 1 heterocycles. The maximum absolute atomic E-state index is 11.8. The van der Waals surface area contributed by atoms with Gasteiger partial charge in [0.1, 0.15) is 5.60 Å². The Bertz CT molecular complexity index is 265. The Kier molecular flexibility index (Phi) is 4.42. The molecule has 0 aromatic heterocycles. The summed E-state index contributed by atoms with van der Waals surface area (Å²) in [5.41, 5.74) is -0.225. The monoisotopic (exact) mass is 242 g/mol. The first-order chi connectivity index (χ1) is 7.72. The number of hydrogen-bond donors (Lipinski definition) is 1. The molecule has 0 aromatic rings. The molecule has 1 fully saturated rings. The van der Waals surface area contributed by atoms with Crippen molar-refractivity contribution in [3.8, 4) is 0 Å².